The molecule has 11 atom stereocenters. The summed E-state index contributed by atoms with van der Waals surface area (Å²) in [5, 5.41) is 56.7. The van der Waals surface area contributed by atoms with Crippen LogP contribution < -0.4 is 0 Å². The predicted octanol–water partition coefficient (Wildman–Crippen LogP) is 2.49. The van der Waals surface area contributed by atoms with Crippen LogP contribution in [-0.4, -0.2) is 78.7 Å². The summed E-state index contributed by atoms with van der Waals surface area (Å²) in [6.45, 7) is 15.3. The number of Topliss-reactive ketones (excluding diaryl/α,β-unsaturated/α-hetero) is 2. The first kappa shape index (κ1) is 32.3. The molecule has 0 unspecified atom stereocenters. The Labute approximate surface area is 243 Å². The highest BCUT2D eigenvalue weighted by molar-refractivity contribution is 5.90. The zero-order valence-electron chi connectivity index (χ0n) is 26.0. The van der Waals surface area contributed by atoms with Crippen LogP contribution in [-0.2, 0) is 19.1 Å². The number of aliphatic hydroxyl groups excluding tert-OH is 4. The van der Waals surface area contributed by atoms with Gasteiger partial charge in [0.05, 0.1) is 24.4 Å². The predicted molar refractivity (Wildman–Crippen MR) is 150 cm³/mol. The second-order valence-electron chi connectivity index (χ2n) is 15.5. The third-order valence-electron chi connectivity index (χ3n) is 12.1. The smallest absolute Gasteiger partial charge is 0.303 e. The standard InChI is InChI=1S/C32H50O9/c1-16(33)41-27(2,3)11-10-22(37)32(9,40)25-21(36)14-29(6)24-19(34)12-17-18(13-20(35)26(39)28(17,4)5)31(24,8)23(38)15-30(25,29)7/h12,18-21,24-26,34-36,39-40H,10-11,13-15H2,1-9H3/t18-,19+,20+,21-,24+,25+,26-,29+,30-,31-,32+/m1/s1. The van der Waals surface area contributed by atoms with Crippen molar-refractivity contribution in [3.05, 3.63) is 11.6 Å². The van der Waals surface area contributed by atoms with Crippen LogP contribution in [0.2, 0.25) is 0 Å². The summed E-state index contributed by atoms with van der Waals surface area (Å²) in [5.41, 5.74) is -5.98. The molecule has 3 saturated carbocycles. The fraction of sp³-hybridized carbons (Fsp3) is 0.844. The minimum atomic E-state index is -1.99. The van der Waals surface area contributed by atoms with Gasteiger partial charge < -0.3 is 30.3 Å². The fourth-order valence-corrected chi connectivity index (χ4v) is 9.91. The number of esters is 1. The summed E-state index contributed by atoms with van der Waals surface area (Å²) in [4.78, 5) is 39.4. The summed E-state index contributed by atoms with van der Waals surface area (Å²) in [5.74, 6) is -3.17. The minimum Gasteiger partial charge on any atom is -0.460 e. The van der Waals surface area contributed by atoms with Crippen molar-refractivity contribution in [1.82, 2.24) is 0 Å². The maximum atomic E-state index is 14.4. The van der Waals surface area contributed by atoms with Crippen molar-refractivity contribution >= 4 is 17.5 Å². The second kappa shape index (κ2) is 9.68. The molecule has 0 radical (unpaired) electrons. The lowest BCUT2D eigenvalue weighted by atomic mass is 9.38. The molecule has 4 aliphatic rings. The summed E-state index contributed by atoms with van der Waals surface area (Å²) in [6, 6.07) is 0. The van der Waals surface area contributed by atoms with Crippen molar-refractivity contribution in [3.8, 4) is 0 Å². The Morgan fingerprint density at radius 1 is 1.00 bits per heavy atom. The Kier molecular flexibility index (Phi) is 7.62. The third kappa shape index (κ3) is 4.48. The lowest BCUT2D eigenvalue weighted by Crippen LogP contribution is -2.68. The highest BCUT2D eigenvalue weighted by Gasteiger charge is 2.76. The molecule has 3 fully saturated rings. The molecule has 4 rings (SSSR count). The Balaban J connectivity index is 1.74. The van der Waals surface area contributed by atoms with E-state index < -0.39 is 86.8 Å². The molecule has 0 aliphatic heterocycles. The summed E-state index contributed by atoms with van der Waals surface area (Å²) < 4.78 is 5.30. The normalized spacial score (nSPS) is 45.1. The molecular formula is C32H50O9. The molecule has 0 bridgehead atoms. The number of rotatable bonds is 6. The maximum Gasteiger partial charge on any atom is 0.303 e. The van der Waals surface area contributed by atoms with E-state index in [-0.39, 0.29) is 37.9 Å². The molecule has 41 heavy (non-hydrogen) atoms. The van der Waals surface area contributed by atoms with Gasteiger partial charge in [0.15, 0.2) is 5.78 Å². The Bertz CT molecular complexity index is 1150. The van der Waals surface area contributed by atoms with Crippen LogP contribution in [0.15, 0.2) is 11.6 Å². The highest BCUT2D eigenvalue weighted by Crippen LogP contribution is 2.74. The van der Waals surface area contributed by atoms with Crippen molar-refractivity contribution in [2.24, 2.45) is 39.4 Å². The van der Waals surface area contributed by atoms with Crippen LogP contribution in [0.5, 0.6) is 0 Å². The van der Waals surface area contributed by atoms with Crippen molar-refractivity contribution in [2.45, 2.75) is 130 Å². The number of aliphatic hydroxyl groups is 5. The van der Waals surface area contributed by atoms with Crippen LogP contribution in [0.25, 0.3) is 0 Å². The molecule has 0 aromatic rings. The van der Waals surface area contributed by atoms with Gasteiger partial charge in [-0.05, 0) is 56.8 Å². The monoisotopic (exact) mass is 578 g/mol. The van der Waals surface area contributed by atoms with E-state index in [4.69, 9.17) is 4.74 Å². The van der Waals surface area contributed by atoms with Crippen molar-refractivity contribution < 1.29 is 44.7 Å². The van der Waals surface area contributed by atoms with Crippen LogP contribution >= 0.6 is 0 Å². The molecule has 0 aromatic heterocycles. The van der Waals surface area contributed by atoms with Crippen LogP contribution in [0, 0.1) is 39.4 Å². The molecule has 9 nitrogen and oxygen atoms in total. The molecule has 4 aliphatic carbocycles. The number of carbonyl (C=O) groups is 3. The van der Waals surface area contributed by atoms with Gasteiger partial charge in [0.2, 0.25) is 0 Å². The van der Waals surface area contributed by atoms with Gasteiger partial charge in [0, 0.05) is 42.4 Å². The summed E-state index contributed by atoms with van der Waals surface area (Å²) >= 11 is 0. The van der Waals surface area contributed by atoms with Crippen LogP contribution in [0.1, 0.15) is 94.4 Å². The number of fused-ring (bicyclic) bond motifs is 5. The van der Waals surface area contributed by atoms with Crippen molar-refractivity contribution in [1.29, 1.82) is 0 Å². The third-order valence-corrected chi connectivity index (χ3v) is 12.1. The van der Waals surface area contributed by atoms with Gasteiger partial charge in [0.25, 0.3) is 0 Å². The van der Waals surface area contributed by atoms with Gasteiger partial charge >= 0.3 is 5.97 Å². The molecule has 0 heterocycles. The zero-order valence-corrected chi connectivity index (χ0v) is 26.0. The van der Waals surface area contributed by atoms with E-state index in [0.717, 1.165) is 5.57 Å². The molecular weight excluding hydrogens is 528 g/mol. The summed E-state index contributed by atoms with van der Waals surface area (Å²) in [7, 11) is 0. The Morgan fingerprint density at radius 2 is 1.59 bits per heavy atom. The van der Waals surface area contributed by atoms with Gasteiger partial charge in [-0.3, -0.25) is 14.4 Å². The molecule has 0 amide bonds. The molecule has 5 N–H and O–H groups in total. The molecule has 0 spiro atoms. The number of ether oxygens (including phenoxy) is 1. The Morgan fingerprint density at radius 3 is 2.15 bits per heavy atom. The highest BCUT2D eigenvalue weighted by atomic mass is 16.6. The number of ketones is 2. The van der Waals surface area contributed by atoms with E-state index >= 15 is 0 Å². The van der Waals surface area contributed by atoms with Gasteiger partial charge in [-0.1, -0.05) is 46.3 Å². The van der Waals surface area contributed by atoms with Gasteiger partial charge in [0.1, 0.15) is 17.0 Å². The lowest BCUT2D eigenvalue weighted by molar-refractivity contribution is -0.200. The second-order valence-corrected chi connectivity index (χ2v) is 15.5. The average molecular weight is 579 g/mol. The lowest BCUT2D eigenvalue weighted by Gasteiger charge is -2.66. The molecule has 9 heteroatoms. The van der Waals surface area contributed by atoms with E-state index in [9.17, 15) is 39.9 Å². The molecule has 0 aromatic carbocycles. The van der Waals surface area contributed by atoms with Crippen molar-refractivity contribution in [3.63, 3.8) is 0 Å². The fourth-order valence-electron chi connectivity index (χ4n) is 9.91. The zero-order chi connectivity index (χ0) is 31.3. The van der Waals surface area contributed by atoms with Gasteiger partial charge in [-0.15, -0.1) is 0 Å². The first-order valence-corrected chi connectivity index (χ1v) is 14.9. The largest absolute Gasteiger partial charge is 0.460 e. The van der Waals surface area contributed by atoms with E-state index in [1.807, 2.05) is 34.6 Å². The SMILES string of the molecule is CC(=O)OC(C)(C)CCC(=O)[C@](C)(O)[C@H]1[C@H](O)C[C@@]2(C)[C@@H]3[C@@H](O)C=C4[C@@H](C[C@H](O)[C@@H](O)C4(C)C)[C@]3(C)C(=O)C[C@]12C. The maximum absolute atomic E-state index is 14.4. The first-order valence-electron chi connectivity index (χ1n) is 14.9. The minimum absolute atomic E-state index is 0.0177. The van der Waals surface area contributed by atoms with Gasteiger partial charge in [-0.25, -0.2) is 0 Å². The van der Waals surface area contributed by atoms with Crippen molar-refractivity contribution in [2.75, 3.05) is 0 Å². The molecule has 232 valence electrons. The van der Waals surface area contributed by atoms with E-state index in [1.165, 1.54) is 13.8 Å². The number of carbonyl (C=O) groups excluding carboxylic acids is 3. The summed E-state index contributed by atoms with van der Waals surface area (Å²) in [6.07, 6.45) is -2.12. The average Bonchev–Trinajstić information content (AvgIpc) is 3.01. The van der Waals surface area contributed by atoms with Crippen LogP contribution in [0.4, 0.5) is 0 Å². The Hall–Kier alpha value is -1.65. The first-order chi connectivity index (χ1) is 18.5. The quantitative estimate of drug-likeness (QED) is 0.235. The van der Waals surface area contributed by atoms with Crippen LogP contribution in [0.3, 0.4) is 0 Å². The topological polar surface area (TPSA) is 162 Å². The number of hydrogen-bond donors (Lipinski definition) is 5. The molecule has 0 saturated heterocycles. The van der Waals surface area contributed by atoms with Gasteiger partial charge in [-0.2, -0.15) is 0 Å². The van der Waals surface area contributed by atoms with E-state index in [1.54, 1.807) is 19.9 Å². The van der Waals surface area contributed by atoms with E-state index in [0.29, 0.717) is 0 Å². The number of hydrogen-bond acceptors (Lipinski definition) is 9. The van der Waals surface area contributed by atoms with E-state index in [2.05, 4.69) is 0 Å².